The van der Waals surface area contributed by atoms with Crippen LogP contribution in [0.4, 0.5) is 0 Å². The topological polar surface area (TPSA) is 15.3 Å². The van der Waals surface area contributed by atoms with Crippen molar-refractivity contribution in [1.82, 2.24) is 10.2 Å². The Kier molecular flexibility index (Phi) is 7.11. The maximum atomic E-state index is 3.46. The van der Waals surface area contributed by atoms with Crippen molar-refractivity contribution in [3.8, 4) is 0 Å². The van der Waals surface area contributed by atoms with Crippen LogP contribution in [0.15, 0.2) is 18.2 Å². The zero-order valence-corrected chi connectivity index (χ0v) is 13.3. The van der Waals surface area contributed by atoms with E-state index in [2.05, 4.69) is 63.2 Å². The molecule has 1 aromatic rings. The molecule has 0 aliphatic rings. The van der Waals surface area contributed by atoms with Crippen LogP contribution >= 0.6 is 0 Å². The van der Waals surface area contributed by atoms with Crippen molar-refractivity contribution in [2.45, 2.75) is 46.6 Å². The lowest BCUT2D eigenvalue weighted by Gasteiger charge is -2.22. The van der Waals surface area contributed by atoms with E-state index in [9.17, 15) is 0 Å². The molecule has 0 saturated carbocycles. The summed E-state index contributed by atoms with van der Waals surface area (Å²) in [5.74, 6) is 0. The highest BCUT2D eigenvalue weighted by Gasteiger charge is 2.09. The molecule has 0 aliphatic carbocycles. The Labute approximate surface area is 119 Å². The van der Waals surface area contributed by atoms with E-state index in [-0.39, 0.29) is 0 Å². The van der Waals surface area contributed by atoms with Gasteiger partial charge in [0.25, 0.3) is 0 Å². The molecule has 0 fully saturated rings. The van der Waals surface area contributed by atoms with E-state index >= 15 is 0 Å². The monoisotopic (exact) mass is 262 g/mol. The van der Waals surface area contributed by atoms with E-state index in [1.54, 1.807) is 0 Å². The zero-order chi connectivity index (χ0) is 14.3. The Morgan fingerprint density at radius 1 is 1.11 bits per heavy atom. The van der Waals surface area contributed by atoms with Crippen LogP contribution in [0, 0.1) is 13.8 Å². The summed E-state index contributed by atoms with van der Waals surface area (Å²) in [6, 6.07) is 7.41. The van der Waals surface area contributed by atoms with Gasteiger partial charge in [0, 0.05) is 6.04 Å². The molecule has 0 amide bonds. The van der Waals surface area contributed by atoms with Gasteiger partial charge >= 0.3 is 0 Å². The average Bonchev–Trinajstić information content (AvgIpc) is 2.42. The Balaban J connectivity index is 2.53. The SMILES string of the molecule is CCN(CC)CCC(Cc1ccc(C)c(C)c1)NC. The number of rotatable bonds is 8. The van der Waals surface area contributed by atoms with Crippen LogP contribution in [-0.2, 0) is 6.42 Å². The van der Waals surface area contributed by atoms with E-state index in [1.807, 2.05) is 0 Å². The van der Waals surface area contributed by atoms with E-state index in [0.717, 1.165) is 19.5 Å². The van der Waals surface area contributed by atoms with E-state index in [1.165, 1.54) is 29.7 Å². The Hall–Kier alpha value is -0.860. The number of nitrogens with one attached hydrogen (secondary N) is 1. The lowest BCUT2D eigenvalue weighted by Crippen LogP contribution is -2.33. The fourth-order valence-corrected chi connectivity index (χ4v) is 2.44. The summed E-state index contributed by atoms with van der Waals surface area (Å²) in [6.45, 7) is 12.3. The second-order valence-corrected chi connectivity index (χ2v) is 5.42. The molecule has 1 atom stereocenters. The van der Waals surface area contributed by atoms with Gasteiger partial charge in [-0.3, -0.25) is 0 Å². The fraction of sp³-hybridized carbons (Fsp3) is 0.647. The van der Waals surface area contributed by atoms with Crippen molar-refractivity contribution in [1.29, 1.82) is 0 Å². The number of benzene rings is 1. The molecular weight excluding hydrogens is 232 g/mol. The summed E-state index contributed by atoms with van der Waals surface area (Å²) in [5, 5.41) is 3.46. The molecule has 2 nitrogen and oxygen atoms in total. The van der Waals surface area contributed by atoms with E-state index in [0.29, 0.717) is 6.04 Å². The lowest BCUT2D eigenvalue weighted by molar-refractivity contribution is 0.283. The van der Waals surface area contributed by atoms with Crippen molar-refractivity contribution < 1.29 is 0 Å². The Bertz CT molecular complexity index is 370. The van der Waals surface area contributed by atoms with Gasteiger partial charge in [0.15, 0.2) is 0 Å². The smallest absolute Gasteiger partial charge is 0.0117 e. The third kappa shape index (κ3) is 5.33. The molecule has 1 aromatic carbocycles. The van der Waals surface area contributed by atoms with Crippen LogP contribution in [0.2, 0.25) is 0 Å². The van der Waals surface area contributed by atoms with Gasteiger partial charge in [-0.15, -0.1) is 0 Å². The maximum Gasteiger partial charge on any atom is 0.0117 e. The van der Waals surface area contributed by atoms with Gasteiger partial charge in [0.2, 0.25) is 0 Å². The van der Waals surface area contributed by atoms with Gasteiger partial charge in [-0.05, 0) is 70.1 Å². The van der Waals surface area contributed by atoms with Crippen LogP contribution in [0.5, 0.6) is 0 Å². The predicted molar refractivity (Wildman–Crippen MR) is 84.9 cm³/mol. The van der Waals surface area contributed by atoms with Crippen LogP contribution in [0.1, 0.15) is 37.0 Å². The lowest BCUT2D eigenvalue weighted by atomic mass is 9.99. The molecule has 1 N–H and O–H groups in total. The van der Waals surface area contributed by atoms with Crippen LogP contribution < -0.4 is 5.32 Å². The predicted octanol–water partition coefficient (Wildman–Crippen LogP) is 3.17. The molecule has 0 aromatic heterocycles. The Morgan fingerprint density at radius 2 is 1.79 bits per heavy atom. The normalized spacial score (nSPS) is 12.9. The first-order valence-electron chi connectivity index (χ1n) is 7.56. The van der Waals surface area contributed by atoms with E-state index in [4.69, 9.17) is 0 Å². The zero-order valence-electron chi connectivity index (χ0n) is 13.3. The van der Waals surface area contributed by atoms with Crippen molar-refractivity contribution >= 4 is 0 Å². The number of hydrogen-bond acceptors (Lipinski definition) is 2. The maximum absolute atomic E-state index is 3.46. The summed E-state index contributed by atoms with van der Waals surface area (Å²) in [4.78, 5) is 2.49. The third-order valence-corrected chi connectivity index (χ3v) is 4.15. The minimum Gasteiger partial charge on any atom is -0.317 e. The molecule has 2 heteroatoms. The van der Waals surface area contributed by atoms with Crippen LogP contribution in [0.25, 0.3) is 0 Å². The molecule has 0 aliphatic heterocycles. The highest BCUT2D eigenvalue weighted by Crippen LogP contribution is 2.12. The number of aryl methyl sites for hydroxylation is 2. The van der Waals surface area contributed by atoms with Gasteiger partial charge in [0.05, 0.1) is 0 Å². The number of nitrogens with zero attached hydrogens (tertiary/aromatic N) is 1. The average molecular weight is 262 g/mol. The van der Waals surface area contributed by atoms with E-state index < -0.39 is 0 Å². The molecule has 1 unspecified atom stereocenters. The minimum absolute atomic E-state index is 0.572. The van der Waals surface area contributed by atoms with Gasteiger partial charge in [0.1, 0.15) is 0 Å². The van der Waals surface area contributed by atoms with Gasteiger partial charge in [-0.1, -0.05) is 32.0 Å². The van der Waals surface area contributed by atoms with Crippen LogP contribution in [0.3, 0.4) is 0 Å². The first-order valence-corrected chi connectivity index (χ1v) is 7.56. The summed E-state index contributed by atoms with van der Waals surface area (Å²) < 4.78 is 0. The highest BCUT2D eigenvalue weighted by atomic mass is 15.1. The van der Waals surface area contributed by atoms with Crippen molar-refractivity contribution in [3.05, 3.63) is 34.9 Å². The van der Waals surface area contributed by atoms with Crippen molar-refractivity contribution in [3.63, 3.8) is 0 Å². The number of hydrogen-bond donors (Lipinski definition) is 1. The molecule has 108 valence electrons. The Morgan fingerprint density at radius 3 is 2.32 bits per heavy atom. The fourth-order valence-electron chi connectivity index (χ4n) is 2.44. The standard InChI is InChI=1S/C17H30N2/c1-6-19(7-2)11-10-17(18-5)13-16-9-8-14(3)15(4)12-16/h8-9,12,17-18H,6-7,10-11,13H2,1-5H3. The van der Waals surface area contributed by atoms with Crippen LogP contribution in [-0.4, -0.2) is 37.6 Å². The highest BCUT2D eigenvalue weighted by molar-refractivity contribution is 5.30. The molecule has 0 saturated heterocycles. The summed E-state index contributed by atoms with van der Waals surface area (Å²) >= 11 is 0. The first-order chi connectivity index (χ1) is 9.10. The molecule has 0 radical (unpaired) electrons. The number of likely N-dealkylation sites (N-methyl/N-ethyl adjacent to an activating group) is 1. The van der Waals surface area contributed by atoms with Crippen molar-refractivity contribution in [2.24, 2.45) is 0 Å². The first kappa shape index (κ1) is 16.2. The molecule has 19 heavy (non-hydrogen) atoms. The third-order valence-electron chi connectivity index (χ3n) is 4.15. The quantitative estimate of drug-likeness (QED) is 0.774. The summed E-state index contributed by atoms with van der Waals surface area (Å²) in [5.41, 5.74) is 4.23. The molecular formula is C17H30N2. The molecule has 0 heterocycles. The molecule has 1 rings (SSSR count). The molecule has 0 spiro atoms. The van der Waals surface area contributed by atoms with Crippen molar-refractivity contribution in [2.75, 3.05) is 26.7 Å². The second-order valence-electron chi connectivity index (χ2n) is 5.42. The summed E-state index contributed by atoms with van der Waals surface area (Å²) in [6.07, 6.45) is 2.34. The van der Waals surface area contributed by atoms with Gasteiger partial charge in [-0.25, -0.2) is 0 Å². The molecule has 0 bridgehead atoms. The van der Waals surface area contributed by atoms with Gasteiger partial charge in [-0.2, -0.15) is 0 Å². The van der Waals surface area contributed by atoms with Gasteiger partial charge < -0.3 is 10.2 Å². The summed E-state index contributed by atoms with van der Waals surface area (Å²) in [7, 11) is 2.08. The minimum atomic E-state index is 0.572. The largest absolute Gasteiger partial charge is 0.317 e. The second kappa shape index (κ2) is 8.34.